The van der Waals surface area contributed by atoms with Gasteiger partial charge < -0.3 is 0 Å². The zero-order chi connectivity index (χ0) is 8.27. The molecule has 60 valence electrons. The van der Waals surface area contributed by atoms with Crippen molar-refractivity contribution in [3.05, 3.63) is 12.2 Å². The van der Waals surface area contributed by atoms with Crippen molar-refractivity contribution in [2.24, 2.45) is 0 Å². The molecule has 0 fully saturated rings. The van der Waals surface area contributed by atoms with Gasteiger partial charge in [-0.15, -0.1) is 11.7 Å². The number of hydrogen-bond donors (Lipinski definition) is 2. The summed E-state index contributed by atoms with van der Waals surface area (Å²) in [6, 6.07) is -0.658. The van der Waals surface area contributed by atoms with Gasteiger partial charge in [-0.3, -0.25) is 14.9 Å². The molecule has 0 radical (unpaired) electrons. The second-order valence-corrected chi connectivity index (χ2v) is 3.37. The number of nitrogens with one attached hydrogen (secondary N) is 1. The fourth-order valence-electron chi connectivity index (χ4n) is 0.819. The molecule has 11 heavy (non-hydrogen) atoms. The molecule has 0 atom stereocenters. The molecule has 1 rings (SSSR count). The minimum absolute atomic E-state index is 0.169. The molecule has 0 saturated carbocycles. The quantitative estimate of drug-likeness (QED) is 0.288. The summed E-state index contributed by atoms with van der Waals surface area (Å²) in [6.07, 6.45) is 2.59. The maximum atomic E-state index is 10.9. The second kappa shape index (κ2) is 3.94. The standard InChI is InChI=1S/C6H7NO2S2/c8-4-1-2-5(9)6(4)7-3-11-10/h1-2,6-7,10H,3H2. The van der Waals surface area contributed by atoms with E-state index < -0.39 is 6.04 Å². The first-order valence-electron chi connectivity index (χ1n) is 3.01. The Hall–Kier alpha value is -0.260. The van der Waals surface area contributed by atoms with Crippen molar-refractivity contribution in [1.82, 2.24) is 5.32 Å². The molecule has 1 aliphatic carbocycles. The van der Waals surface area contributed by atoms with E-state index in [1.807, 2.05) is 0 Å². The molecule has 0 heterocycles. The lowest BCUT2D eigenvalue weighted by atomic mass is 10.2. The normalized spacial score (nSPS) is 18.3. The summed E-state index contributed by atoms with van der Waals surface area (Å²) in [4.78, 5) is 21.8. The van der Waals surface area contributed by atoms with Crippen molar-refractivity contribution in [2.45, 2.75) is 6.04 Å². The second-order valence-electron chi connectivity index (χ2n) is 2.05. The maximum absolute atomic E-state index is 10.9. The molecule has 0 aromatic heterocycles. The Kier molecular flexibility index (Phi) is 3.16. The smallest absolute Gasteiger partial charge is 0.180 e. The highest BCUT2D eigenvalue weighted by Gasteiger charge is 2.26. The van der Waals surface area contributed by atoms with Crippen LogP contribution in [0.2, 0.25) is 0 Å². The lowest BCUT2D eigenvalue weighted by Crippen LogP contribution is -2.38. The number of carbonyl (C=O) groups is 2. The molecule has 1 aliphatic rings. The zero-order valence-corrected chi connectivity index (χ0v) is 7.32. The van der Waals surface area contributed by atoms with Crippen LogP contribution in [0.3, 0.4) is 0 Å². The van der Waals surface area contributed by atoms with Crippen LogP contribution in [-0.4, -0.2) is 23.5 Å². The Morgan fingerprint density at radius 1 is 1.45 bits per heavy atom. The van der Waals surface area contributed by atoms with Gasteiger partial charge in [0.25, 0.3) is 0 Å². The number of carbonyl (C=O) groups excluding carboxylic acids is 2. The lowest BCUT2D eigenvalue weighted by Gasteiger charge is -2.06. The van der Waals surface area contributed by atoms with E-state index >= 15 is 0 Å². The van der Waals surface area contributed by atoms with E-state index in [-0.39, 0.29) is 11.6 Å². The molecule has 1 N–H and O–H groups in total. The highest BCUT2D eigenvalue weighted by molar-refractivity contribution is 8.68. The molecule has 0 unspecified atom stereocenters. The van der Waals surface area contributed by atoms with E-state index in [9.17, 15) is 9.59 Å². The molecule has 0 bridgehead atoms. The average molecular weight is 189 g/mol. The van der Waals surface area contributed by atoms with Crippen molar-refractivity contribution in [2.75, 3.05) is 5.88 Å². The Labute approximate surface area is 73.4 Å². The van der Waals surface area contributed by atoms with E-state index in [4.69, 9.17) is 0 Å². The van der Waals surface area contributed by atoms with E-state index in [2.05, 4.69) is 17.0 Å². The van der Waals surface area contributed by atoms with Crippen molar-refractivity contribution < 1.29 is 9.59 Å². The fourth-order valence-corrected chi connectivity index (χ4v) is 1.28. The van der Waals surface area contributed by atoms with Crippen LogP contribution >= 0.6 is 22.5 Å². The molecule has 0 amide bonds. The summed E-state index contributed by atoms with van der Waals surface area (Å²) in [5.74, 6) is 0.155. The van der Waals surface area contributed by atoms with Gasteiger partial charge in [-0.25, -0.2) is 0 Å². The fraction of sp³-hybridized carbons (Fsp3) is 0.333. The molecular weight excluding hydrogens is 182 g/mol. The minimum atomic E-state index is -0.658. The average Bonchev–Trinajstić information content (AvgIpc) is 2.29. The van der Waals surface area contributed by atoms with Crippen LogP contribution in [0.15, 0.2) is 12.2 Å². The minimum Gasteiger partial charge on any atom is -0.293 e. The van der Waals surface area contributed by atoms with Gasteiger partial charge in [-0.05, 0) is 12.2 Å². The third-order valence-corrected chi connectivity index (χ3v) is 2.02. The lowest BCUT2D eigenvalue weighted by molar-refractivity contribution is -0.123. The van der Waals surface area contributed by atoms with Crippen LogP contribution < -0.4 is 5.32 Å². The highest BCUT2D eigenvalue weighted by Crippen LogP contribution is 2.06. The predicted octanol–water partition coefficient (Wildman–Crippen LogP) is 0.188. The third-order valence-electron chi connectivity index (χ3n) is 1.33. The number of thiol groups is 1. The Morgan fingerprint density at radius 2 is 2.00 bits per heavy atom. The topological polar surface area (TPSA) is 46.2 Å². The number of rotatable bonds is 3. The van der Waals surface area contributed by atoms with Crippen LogP contribution in [0.1, 0.15) is 0 Å². The first kappa shape index (κ1) is 8.83. The van der Waals surface area contributed by atoms with Crippen LogP contribution in [-0.2, 0) is 9.59 Å². The molecule has 0 aromatic rings. The summed E-state index contributed by atoms with van der Waals surface area (Å²) in [5, 5.41) is 2.76. The molecule has 5 heteroatoms. The number of ketones is 2. The maximum Gasteiger partial charge on any atom is 0.180 e. The summed E-state index contributed by atoms with van der Waals surface area (Å²) >= 11 is 3.86. The Balaban J connectivity index is 2.46. The van der Waals surface area contributed by atoms with Gasteiger partial charge in [-0.1, -0.05) is 10.8 Å². The first-order valence-corrected chi connectivity index (χ1v) is 5.05. The predicted molar refractivity (Wildman–Crippen MR) is 47.5 cm³/mol. The van der Waals surface area contributed by atoms with Crippen molar-refractivity contribution in [1.29, 1.82) is 0 Å². The first-order chi connectivity index (χ1) is 5.25. The zero-order valence-electron chi connectivity index (χ0n) is 5.61. The largest absolute Gasteiger partial charge is 0.293 e. The molecule has 0 saturated heterocycles. The molecular formula is C6H7NO2S2. The Morgan fingerprint density at radius 3 is 2.45 bits per heavy atom. The van der Waals surface area contributed by atoms with Crippen molar-refractivity contribution >= 4 is 34.0 Å². The highest BCUT2D eigenvalue weighted by atomic mass is 33.1. The van der Waals surface area contributed by atoms with Gasteiger partial charge >= 0.3 is 0 Å². The number of hydrogen-bond acceptors (Lipinski definition) is 5. The van der Waals surface area contributed by atoms with E-state index in [0.29, 0.717) is 5.88 Å². The van der Waals surface area contributed by atoms with E-state index in [1.54, 1.807) is 0 Å². The molecule has 3 nitrogen and oxygen atoms in total. The van der Waals surface area contributed by atoms with E-state index in [0.717, 1.165) is 0 Å². The summed E-state index contributed by atoms with van der Waals surface area (Å²) in [7, 11) is 1.24. The van der Waals surface area contributed by atoms with Gasteiger partial charge in [0, 0.05) is 0 Å². The molecule has 0 aliphatic heterocycles. The molecule has 0 aromatic carbocycles. The summed E-state index contributed by atoms with van der Waals surface area (Å²) in [6.45, 7) is 0. The summed E-state index contributed by atoms with van der Waals surface area (Å²) in [5.41, 5.74) is 0. The van der Waals surface area contributed by atoms with Gasteiger partial charge in [0.05, 0.1) is 5.88 Å². The van der Waals surface area contributed by atoms with Crippen molar-refractivity contribution in [3.8, 4) is 0 Å². The van der Waals surface area contributed by atoms with Gasteiger partial charge in [-0.2, -0.15) is 0 Å². The van der Waals surface area contributed by atoms with Crippen LogP contribution in [0.5, 0.6) is 0 Å². The van der Waals surface area contributed by atoms with Gasteiger partial charge in [0.15, 0.2) is 11.6 Å². The van der Waals surface area contributed by atoms with Gasteiger partial charge in [0.2, 0.25) is 0 Å². The Bertz CT molecular complexity index is 197. The monoisotopic (exact) mass is 189 g/mol. The SMILES string of the molecule is O=C1C=CC(=O)C1NCSS. The van der Waals surface area contributed by atoms with Crippen LogP contribution in [0, 0.1) is 0 Å². The van der Waals surface area contributed by atoms with Gasteiger partial charge in [0.1, 0.15) is 6.04 Å². The third kappa shape index (κ3) is 2.08. The van der Waals surface area contributed by atoms with E-state index in [1.165, 1.54) is 22.9 Å². The van der Waals surface area contributed by atoms with Crippen LogP contribution in [0.4, 0.5) is 0 Å². The molecule has 0 spiro atoms. The summed E-state index contributed by atoms with van der Waals surface area (Å²) < 4.78 is 0. The van der Waals surface area contributed by atoms with Crippen LogP contribution in [0.25, 0.3) is 0 Å². The van der Waals surface area contributed by atoms with Crippen molar-refractivity contribution in [3.63, 3.8) is 0 Å².